The summed E-state index contributed by atoms with van der Waals surface area (Å²) < 4.78 is 0. The number of carboxylic acid groups (broad SMARTS) is 2. The zero-order chi connectivity index (χ0) is 30.5. The lowest BCUT2D eigenvalue weighted by molar-refractivity contribution is -0.124. The lowest BCUT2D eigenvalue weighted by Gasteiger charge is -2.33. The van der Waals surface area contributed by atoms with Crippen molar-refractivity contribution in [2.45, 2.75) is 11.5 Å². The van der Waals surface area contributed by atoms with Crippen LogP contribution in [-0.2, 0) is 4.79 Å². The largest absolute Gasteiger partial charge is 0.478 e. The number of urea groups is 1. The van der Waals surface area contributed by atoms with Gasteiger partial charge in [-0.2, -0.15) is 5.26 Å². The summed E-state index contributed by atoms with van der Waals surface area (Å²) in [7, 11) is 1.42. The van der Waals surface area contributed by atoms with E-state index in [0.29, 0.717) is 11.1 Å². The van der Waals surface area contributed by atoms with Crippen LogP contribution in [-0.4, -0.2) is 75.5 Å². The van der Waals surface area contributed by atoms with Crippen molar-refractivity contribution in [1.29, 1.82) is 5.26 Å². The van der Waals surface area contributed by atoms with Crippen LogP contribution in [0.1, 0.15) is 48.1 Å². The van der Waals surface area contributed by atoms with Gasteiger partial charge >= 0.3 is 18.0 Å². The lowest BCUT2D eigenvalue weighted by Crippen LogP contribution is -2.54. The number of carbonyl (C=O) groups excluding carboxylic acids is 3. The highest BCUT2D eigenvalue weighted by atomic mass is 35.5. The Bertz CT molecular complexity index is 1720. The van der Waals surface area contributed by atoms with E-state index in [1.54, 1.807) is 24.3 Å². The summed E-state index contributed by atoms with van der Waals surface area (Å²) in [6.45, 7) is -0.465. The molecule has 2 aliphatic rings. The van der Waals surface area contributed by atoms with E-state index in [-0.39, 0.29) is 39.9 Å². The van der Waals surface area contributed by atoms with Crippen molar-refractivity contribution in [3.8, 4) is 6.07 Å². The van der Waals surface area contributed by atoms with Gasteiger partial charge in [-0.05, 0) is 54.1 Å². The summed E-state index contributed by atoms with van der Waals surface area (Å²) in [6, 6.07) is 15.0. The Morgan fingerprint density at radius 1 is 0.929 bits per heavy atom. The van der Waals surface area contributed by atoms with Crippen LogP contribution in [0.15, 0.2) is 60.7 Å². The predicted octanol–water partition coefficient (Wildman–Crippen LogP) is 4.34. The molecule has 13 heteroatoms. The topological polar surface area (TPSA) is 159 Å². The Kier molecular flexibility index (Phi) is 7.14. The molecule has 42 heavy (non-hydrogen) atoms. The Hall–Kier alpha value is -4.92. The van der Waals surface area contributed by atoms with E-state index in [9.17, 15) is 39.4 Å². The van der Waals surface area contributed by atoms with Crippen molar-refractivity contribution in [3.05, 3.63) is 98.5 Å². The molecule has 2 heterocycles. The number of carboxylic acids is 2. The fraction of sp³-hybridized carbons (Fsp3) is 0.172. The number of likely N-dealkylation sites (N-methyl/N-ethyl adjacent to an activating group) is 1. The van der Waals surface area contributed by atoms with Crippen molar-refractivity contribution in [2.24, 2.45) is 0 Å². The van der Waals surface area contributed by atoms with Gasteiger partial charge in [-0.25, -0.2) is 19.3 Å². The third-order valence-electron chi connectivity index (χ3n) is 7.62. The molecule has 2 atom stereocenters. The average molecular weight is 607 g/mol. The molecule has 0 aromatic heterocycles. The number of hydrogen-bond donors (Lipinski definition) is 2. The number of aromatic carboxylic acids is 2. The molecule has 0 saturated carbocycles. The summed E-state index contributed by atoms with van der Waals surface area (Å²) in [5, 5.41) is 28.8. The number of likely N-dealkylation sites (tertiary alicyclic amines) is 1. The SMILES string of the molecule is CN1C(=O)N(c2cc(Cl)cc(Cl)c2)C(=O)C12CN(C(=O)c1cc(C(=O)O)ccc1C(=O)O)CC2c1ccc(C#N)cc1. The Morgan fingerprint density at radius 3 is 2.14 bits per heavy atom. The number of nitrogens with zero attached hydrogens (tertiary/aromatic N) is 4. The van der Waals surface area contributed by atoms with Crippen LogP contribution in [0, 0.1) is 11.3 Å². The maximum Gasteiger partial charge on any atom is 0.336 e. The van der Waals surface area contributed by atoms with Gasteiger partial charge in [0, 0.05) is 29.6 Å². The molecule has 212 valence electrons. The predicted molar refractivity (Wildman–Crippen MR) is 150 cm³/mol. The molecular formula is C29H20Cl2N4O7. The van der Waals surface area contributed by atoms with Crippen LogP contribution in [0.4, 0.5) is 10.5 Å². The average Bonchev–Trinajstić information content (AvgIpc) is 3.44. The van der Waals surface area contributed by atoms with Crippen molar-refractivity contribution in [1.82, 2.24) is 9.80 Å². The number of imide groups is 1. The van der Waals surface area contributed by atoms with E-state index in [0.717, 1.165) is 23.1 Å². The molecule has 2 fully saturated rings. The van der Waals surface area contributed by atoms with Crippen LogP contribution in [0.25, 0.3) is 0 Å². The van der Waals surface area contributed by atoms with Crippen LogP contribution in [0.3, 0.4) is 0 Å². The van der Waals surface area contributed by atoms with Gasteiger partial charge in [0.25, 0.3) is 11.8 Å². The third kappa shape index (κ3) is 4.51. The molecule has 3 aromatic carbocycles. The molecule has 2 N–H and O–H groups in total. The van der Waals surface area contributed by atoms with Crippen molar-refractivity contribution >= 4 is 58.7 Å². The minimum Gasteiger partial charge on any atom is -0.478 e. The van der Waals surface area contributed by atoms with Gasteiger partial charge in [-0.15, -0.1) is 0 Å². The monoisotopic (exact) mass is 606 g/mol. The molecule has 2 aliphatic heterocycles. The number of amides is 4. The number of nitriles is 1. The van der Waals surface area contributed by atoms with E-state index in [1.807, 2.05) is 6.07 Å². The summed E-state index contributed by atoms with van der Waals surface area (Å²) >= 11 is 12.3. The molecule has 0 radical (unpaired) electrons. The molecule has 5 rings (SSSR count). The first kappa shape index (κ1) is 28.6. The van der Waals surface area contributed by atoms with Crippen LogP contribution < -0.4 is 4.90 Å². The van der Waals surface area contributed by atoms with Gasteiger partial charge < -0.3 is 20.0 Å². The van der Waals surface area contributed by atoms with Crippen LogP contribution in [0.2, 0.25) is 10.0 Å². The normalized spacial score (nSPS) is 19.9. The van der Waals surface area contributed by atoms with Gasteiger partial charge in [0.15, 0.2) is 0 Å². The summed E-state index contributed by atoms with van der Waals surface area (Å²) in [5.74, 6) is -5.12. The fourth-order valence-corrected chi connectivity index (χ4v) is 6.09. The highest BCUT2D eigenvalue weighted by Gasteiger charge is 2.65. The smallest absolute Gasteiger partial charge is 0.336 e. The number of hydrogen-bond acceptors (Lipinski definition) is 6. The van der Waals surface area contributed by atoms with Crippen LogP contribution >= 0.6 is 23.2 Å². The fourth-order valence-electron chi connectivity index (χ4n) is 5.57. The van der Waals surface area contributed by atoms with Gasteiger partial charge in [-0.3, -0.25) is 9.59 Å². The first-order chi connectivity index (χ1) is 19.9. The van der Waals surface area contributed by atoms with Crippen molar-refractivity contribution in [3.63, 3.8) is 0 Å². The minimum absolute atomic E-state index is 0.122. The van der Waals surface area contributed by atoms with E-state index >= 15 is 0 Å². The zero-order valence-electron chi connectivity index (χ0n) is 21.7. The van der Waals surface area contributed by atoms with Gasteiger partial charge in [-0.1, -0.05) is 35.3 Å². The molecule has 4 amide bonds. The second-order valence-corrected chi connectivity index (χ2v) is 10.7. The molecule has 2 saturated heterocycles. The Morgan fingerprint density at radius 2 is 1.57 bits per heavy atom. The van der Waals surface area contributed by atoms with Crippen molar-refractivity contribution in [2.75, 3.05) is 25.0 Å². The Balaban J connectivity index is 1.64. The summed E-state index contributed by atoms with van der Waals surface area (Å²) in [4.78, 5) is 68.8. The third-order valence-corrected chi connectivity index (χ3v) is 8.06. The molecule has 11 nitrogen and oxygen atoms in total. The number of carbonyl (C=O) groups is 5. The van der Waals surface area contributed by atoms with E-state index in [2.05, 4.69) is 0 Å². The van der Waals surface area contributed by atoms with Gasteiger partial charge in [0.1, 0.15) is 5.54 Å². The number of anilines is 1. The first-order valence-corrected chi connectivity index (χ1v) is 13.1. The number of benzene rings is 3. The van der Waals surface area contributed by atoms with E-state index in [1.165, 1.54) is 35.0 Å². The Labute approximate surface area is 248 Å². The highest BCUT2D eigenvalue weighted by molar-refractivity contribution is 6.36. The highest BCUT2D eigenvalue weighted by Crippen LogP contribution is 2.47. The maximum atomic E-state index is 14.3. The molecule has 0 bridgehead atoms. The second-order valence-electron chi connectivity index (χ2n) is 9.88. The summed E-state index contributed by atoms with van der Waals surface area (Å²) in [6.07, 6.45) is 0. The number of halogens is 2. The van der Waals surface area contributed by atoms with Crippen LogP contribution in [0.5, 0.6) is 0 Å². The molecular weight excluding hydrogens is 587 g/mol. The zero-order valence-corrected chi connectivity index (χ0v) is 23.3. The first-order valence-electron chi connectivity index (χ1n) is 12.4. The number of rotatable bonds is 5. The maximum absolute atomic E-state index is 14.3. The molecule has 0 aliphatic carbocycles. The molecule has 1 spiro atoms. The minimum atomic E-state index is -1.65. The van der Waals surface area contributed by atoms with E-state index in [4.69, 9.17) is 23.2 Å². The van der Waals surface area contributed by atoms with Gasteiger partial charge in [0.2, 0.25) is 0 Å². The standard InChI is InChI=1S/C29H20Cl2N4O7/c1-33-28(42)35(20-10-18(30)9-19(31)11-20)27(41)29(33)14-34(13-23(29)16-4-2-15(12-32)3-5-16)24(36)22-8-17(25(37)38)6-7-21(22)26(39)40/h2-11,23H,13-14H2,1H3,(H,37,38)(H,39,40). The summed E-state index contributed by atoms with van der Waals surface area (Å²) in [5.41, 5.74) is -1.72. The molecule has 2 unspecified atom stereocenters. The lowest BCUT2D eigenvalue weighted by atomic mass is 9.80. The quantitative estimate of drug-likeness (QED) is 0.406. The van der Waals surface area contributed by atoms with Gasteiger partial charge in [0.05, 0.1) is 40.6 Å². The molecule has 3 aromatic rings. The van der Waals surface area contributed by atoms with E-state index < -0.39 is 46.8 Å². The van der Waals surface area contributed by atoms with Crippen molar-refractivity contribution < 1.29 is 34.2 Å². The second kappa shape index (κ2) is 10.5.